The standard InChI is InChI=1S/C23H25N5O2/c1-15(2)7-6-8-16(3)27-22(17-11-13-18(14-12-17)28(29)30)26-21-23(27)25-20-10-5-4-9-19(20)24-21/h4-5,9-16H,6-8H2,1-3H3/t16-/m0/s1. The number of nitro groups is 1. The van der Waals surface area contributed by atoms with Crippen molar-refractivity contribution in [2.24, 2.45) is 5.92 Å². The van der Waals surface area contributed by atoms with E-state index in [1.165, 1.54) is 18.6 Å². The average molecular weight is 403 g/mol. The normalized spacial score (nSPS) is 12.7. The zero-order chi connectivity index (χ0) is 21.3. The van der Waals surface area contributed by atoms with Gasteiger partial charge in [0.05, 0.1) is 16.0 Å². The van der Waals surface area contributed by atoms with Gasteiger partial charge in [-0.3, -0.25) is 10.1 Å². The van der Waals surface area contributed by atoms with Crippen LogP contribution in [0.4, 0.5) is 5.69 Å². The molecule has 1 atom stereocenters. The molecular weight excluding hydrogens is 378 g/mol. The predicted octanol–water partition coefficient (Wildman–Crippen LogP) is 5.94. The fourth-order valence-corrected chi connectivity index (χ4v) is 3.78. The van der Waals surface area contributed by atoms with Crippen molar-refractivity contribution in [3.8, 4) is 11.4 Å². The van der Waals surface area contributed by atoms with Gasteiger partial charge < -0.3 is 4.57 Å². The second-order valence-corrected chi connectivity index (χ2v) is 8.14. The van der Waals surface area contributed by atoms with Crippen LogP contribution in [0.15, 0.2) is 48.5 Å². The number of aromatic nitrogens is 4. The first-order valence-corrected chi connectivity index (χ1v) is 10.3. The number of benzene rings is 2. The van der Waals surface area contributed by atoms with Gasteiger partial charge in [0.25, 0.3) is 5.69 Å². The smallest absolute Gasteiger partial charge is 0.269 e. The summed E-state index contributed by atoms with van der Waals surface area (Å²) in [6.45, 7) is 6.64. The highest BCUT2D eigenvalue weighted by atomic mass is 16.6. The van der Waals surface area contributed by atoms with Gasteiger partial charge in [0.2, 0.25) is 0 Å². The Morgan fingerprint density at radius 2 is 1.60 bits per heavy atom. The molecule has 0 bridgehead atoms. The SMILES string of the molecule is CC(C)CCC[C@H](C)n1c(-c2ccc([N+](=O)[O-])cc2)nc2nc3ccccc3nc21. The number of para-hydroxylation sites is 2. The van der Waals surface area contributed by atoms with Gasteiger partial charge >= 0.3 is 0 Å². The van der Waals surface area contributed by atoms with Crippen molar-refractivity contribution < 1.29 is 4.92 Å². The van der Waals surface area contributed by atoms with E-state index in [0.29, 0.717) is 11.6 Å². The summed E-state index contributed by atoms with van der Waals surface area (Å²) in [5.74, 6) is 1.40. The van der Waals surface area contributed by atoms with Gasteiger partial charge in [-0.05, 0) is 43.5 Å². The van der Waals surface area contributed by atoms with Gasteiger partial charge in [-0.15, -0.1) is 0 Å². The maximum absolute atomic E-state index is 11.0. The molecule has 2 heterocycles. The number of nitro benzene ring substituents is 1. The van der Waals surface area contributed by atoms with Crippen molar-refractivity contribution in [2.45, 2.75) is 46.1 Å². The Morgan fingerprint density at radius 1 is 0.933 bits per heavy atom. The molecule has 2 aromatic carbocycles. The molecule has 0 fully saturated rings. The third-order valence-electron chi connectivity index (χ3n) is 5.38. The molecule has 2 aromatic heterocycles. The lowest BCUT2D eigenvalue weighted by Gasteiger charge is -2.18. The van der Waals surface area contributed by atoms with Crippen molar-refractivity contribution in [3.05, 3.63) is 58.6 Å². The molecule has 0 aliphatic heterocycles. The molecule has 0 radical (unpaired) electrons. The van der Waals surface area contributed by atoms with Gasteiger partial charge in [-0.25, -0.2) is 15.0 Å². The Morgan fingerprint density at radius 3 is 2.23 bits per heavy atom. The molecule has 4 aromatic rings. The van der Waals surface area contributed by atoms with Crippen LogP contribution in [0.5, 0.6) is 0 Å². The Hall–Kier alpha value is -3.35. The molecule has 154 valence electrons. The van der Waals surface area contributed by atoms with Crippen LogP contribution in [0.3, 0.4) is 0 Å². The Kier molecular flexibility index (Phi) is 5.44. The van der Waals surface area contributed by atoms with Gasteiger partial charge in [0, 0.05) is 23.7 Å². The van der Waals surface area contributed by atoms with Crippen LogP contribution in [-0.4, -0.2) is 24.4 Å². The van der Waals surface area contributed by atoms with Crippen molar-refractivity contribution in [1.29, 1.82) is 0 Å². The molecule has 0 saturated heterocycles. The van der Waals surface area contributed by atoms with Gasteiger partial charge in [0.1, 0.15) is 5.82 Å². The highest BCUT2D eigenvalue weighted by molar-refractivity contribution is 5.85. The molecule has 7 heteroatoms. The lowest BCUT2D eigenvalue weighted by atomic mass is 10.0. The van der Waals surface area contributed by atoms with Crippen LogP contribution in [0, 0.1) is 16.0 Å². The molecule has 0 N–H and O–H groups in total. The van der Waals surface area contributed by atoms with E-state index in [4.69, 9.17) is 15.0 Å². The van der Waals surface area contributed by atoms with Gasteiger partial charge in [-0.2, -0.15) is 0 Å². The number of imidazole rings is 1. The van der Waals surface area contributed by atoms with E-state index in [-0.39, 0.29) is 11.7 Å². The summed E-state index contributed by atoms with van der Waals surface area (Å²) in [4.78, 5) is 25.0. The summed E-state index contributed by atoms with van der Waals surface area (Å²) >= 11 is 0. The highest BCUT2D eigenvalue weighted by Gasteiger charge is 2.20. The number of hydrogen-bond acceptors (Lipinski definition) is 5. The monoisotopic (exact) mass is 403 g/mol. The molecule has 30 heavy (non-hydrogen) atoms. The number of rotatable bonds is 7. The molecular formula is C23H25N5O2. The molecule has 0 saturated carbocycles. The van der Waals surface area contributed by atoms with E-state index < -0.39 is 4.92 Å². The van der Waals surface area contributed by atoms with Crippen LogP contribution in [-0.2, 0) is 0 Å². The van der Waals surface area contributed by atoms with Crippen LogP contribution in [0.2, 0.25) is 0 Å². The summed E-state index contributed by atoms with van der Waals surface area (Å²) in [6, 6.07) is 14.5. The first kappa shape index (κ1) is 19.9. The Labute approximate surface area is 175 Å². The largest absolute Gasteiger partial charge is 0.304 e. The lowest BCUT2D eigenvalue weighted by molar-refractivity contribution is -0.384. The first-order valence-electron chi connectivity index (χ1n) is 10.3. The van der Waals surface area contributed by atoms with Crippen LogP contribution in [0.25, 0.3) is 33.7 Å². The zero-order valence-electron chi connectivity index (χ0n) is 17.4. The summed E-state index contributed by atoms with van der Waals surface area (Å²) in [6.07, 6.45) is 3.27. The molecule has 0 amide bonds. The first-order chi connectivity index (χ1) is 14.4. The number of hydrogen-bond donors (Lipinski definition) is 0. The molecule has 4 rings (SSSR count). The zero-order valence-corrected chi connectivity index (χ0v) is 17.4. The van der Waals surface area contributed by atoms with Crippen LogP contribution < -0.4 is 0 Å². The Bertz CT molecular complexity index is 1200. The Balaban J connectivity index is 1.84. The summed E-state index contributed by atoms with van der Waals surface area (Å²) in [5.41, 5.74) is 3.86. The minimum atomic E-state index is -0.392. The third-order valence-corrected chi connectivity index (χ3v) is 5.38. The fourth-order valence-electron chi connectivity index (χ4n) is 3.78. The van der Waals surface area contributed by atoms with Gasteiger partial charge in [-0.1, -0.05) is 38.8 Å². The lowest BCUT2D eigenvalue weighted by Crippen LogP contribution is -2.08. The van der Waals surface area contributed by atoms with Gasteiger partial charge in [0.15, 0.2) is 11.3 Å². The molecule has 0 spiro atoms. The van der Waals surface area contributed by atoms with E-state index >= 15 is 0 Å². The third kappa shape index (κ3) is 3.87. The minimum Gasteiger partial charge on any atom is -0.304 e. The quantitative estimate of drug-likeness (QED) is 0.281. The van der Waals surface area contributed by atoms with Crippen molar-refractivity contribution in [3.63, 3.8) is 0 Å². The van der Waals surface area contributed by atoms with Crippen molar-refractivity contribution in [2.75, 3.05) is 0 Å². The molecule has 0 unspecified atom stereocenters. The molecule has 7 nitrogen and oxygen atoms in total. The number of nitrogens with zero attached hydrogens (tertiary/aromatic N) is 5. The predicted molar refractivity (Wildman–Crippen MR) is 118 cm³/mol. The van der Waals surface area contributed by atoms with E-state index in [1.54, 1.807) is 12.1 Å². The van der Waals surface area contributed by atoms with Crippen LogP contribution in [0.1, 0.15) is 46.1 Å². The van der Waals surface area contributed by atoms with E-state index in [2.05, 4.69) is 25.3 Å². The molecule has 0 aliphatic rings. The summed E-state index contributed by atoms with van der Waals surface area (Å²) in [7, 11) is 0. The number of non-ortho nitro benzene ring substituents is 1. The van der Waals surface area contributed by atoms with E-state index in [1.807, 2.05) is 24.3 Å². The topological polar surface area (TPSA) is 86.7 Å². The van der Waals surface area contributed by atoms with Crippen molar-refractivity contribution in [1.82, 2.24) is 19.5 Å². The minimum absolute atomic E-state index is 0.0633. The summed E-state index contributed by atoms with van der Waals surface area (Å²) < 4.78 is 2.14. The second-order valence-electron chi connectivity index (χ2n) is 8.14. The van der Waals surface area contributed by atoms with Crippen LogP contribution >= 0.6 is 0 Å². The summed E-state index contributed by atoms with van der Waals surface area (Å²) in [5, 5.41) is 11.0. The second kappa shape index (κ2) is 8.18. The molecule has 0 aliphatic carbocycles. The average Bonchev–Trinajstić information content (AvgIpc) is 3.10. The van der Waals surface area contributed by atoms with E-state index in [9.17, 15) is 10.1 Å². The van der Waals surface area contributed by atoms with E-state index in [0.717, 1.165) is 40.9 Å². The number of fused-ring (bicyclic) bond motifs is 2. The highest BCUT2D eigenvalue weighted by Crippen LogP contribution is 2.31. The maximum Gasteiger partial charge on any atom is 0.269 e. The van der Waals surface area contributed by atoms with Crippen molar-refractivity contribution >= 4 is 28.0 Å². The maximum atomic E-state index is 11.0. The fraction of sp³-hybridized carbons (Fsp3) is 0.348.